The number of alkyl halides is 3. The van der Waals surface area contributed by atoms with Gasteiger partial charge < -0.3 is 5.32 Å². The summed E-state index contributed by atoms with van der Waals surface area (Å²) in [5, 5.41) is 3.38. The number of imide groups is 1. The van der Waals surface area contributed by atoms with Crippen LogP contribution in [-0.4, -0.2) is 36.9 Å². The lowest BCUT2D eigenvalue weighted by Gasteiger charge is -2.14. The van der Waals surface area contributed by atoms with Crippen LogP contribution in [-0.2, 0) is 21.1 Å². The molecule has 0 radical (unpaired) electrons. The molecule has 4 rings (SSSR count). The van der Waals surface area contributed by atoms with Gasteiger partial charge in [-0.25, -0.2) is 18.1 Å². The van der Waals surface area contributed by atoms with Crippen molar-refractivity contribution in [1.29, 1.82) is 0 Å². The van der Waals surface area contributed by atoms with E-state index < -0.39 is 38.2 Å². The first-order valence-corrected chi connectivity index (χ1v) is 10.5. The molecule has 1 saturated heterocycles. The predicted molar refractivity (Wildman–Crippen MR) is 105 cm³/mol. The van der Waals surface area contributed by atoms with E-state index in [1.807, 2.05) is 24.3 Å². The van der Waals surface area contributed by atoms with Crippen molar-refractivity contribution in [3.8, 4) is 0 Å². The Balaban J connectivity index is 1.59. The molecule has 1 aromatic heterocycles. The highest BCUT2D eigenvalue weighted by atomic mass is 32.2. The molecule has 1 aliphatic heterocycles. The lowest BCUT2D eigenvalue weighted by atomic mass is 10.0. The number of fused-ring (bicyclic) bond motifs is 1. The monoisotopic (exact) mass is 449 g/mol. The van der Waals surface area contributed by atoms with E-state index in [4.69, 9.17) is 0 Å². The molecule has 2 heterocycles. The number of carbonyl (C=O) groups is 2. The number of para-hydroxylation sites is 1. The summed E-state index contributed by atoms with van der Waals surface area (Å²) in [4.78, 5) is 29.2. The van der Waals surface area contributed by atoms with Crippen LogP contribution in [0, 0.1) is 0 Å². The van der Waals surface area contributed by atoms with Crippen molar-refractivity contribution >= 4 is 38.4 Å². The molecule has 3 aromatic rings. The highest BCUT2D eigenvalue weighted by molar-refractivity contribution is 7.92. The van der Waals surface area contributed by atoms with Crippen molar-refractivity contribution in [3.63, 3.8) is 0 Å². The zero-order valence-corrected chi connectivity index (χ0v) is 16.4. The molecule has 1 unspecified atom stereocenters. The quantitative estimate of drug-likeness (QED) is 0.617. The number of anilines is 1. The lowest BCUT2D eigenvalue weighted by molar-refractivity contribution is -0.118. The average molecular weight is 449 g/mol. The van der Waals surface area contributed by atoms with Crippen LogP contribution < -0.4 is 10.2 Å². The minimum Gasteiger partial charge on any atom is -0.325 e. The van der Waals surface area contributed by atoms with Gasteiger partial charge in [-0.05, 0) is 42.0 Å². The maximum atomic E-state index is 12.8. The lowest BCUT2D eigenvalue weighted by Crippen LogP contribution is -2.32. The van der Waals surface area contributed by atoms with E-state index >= 15 is 0 Å². The second kappa shape index (κ2) is 7.34. The summed E-state index contributed by atoms with van der Waals surface area (Å²) in [6.07, 6.45) is 1.78. The van der Waals surface area contributed by atoms with Gasteiger partial charge in [0.2, 0.25) is 0 Å². The first-order chi connectivity index (χ1) is 14.6. The van der Waals surface area contributed by atoms with Crippen LogP contribution in [0.25, 0.3) is 10.9 Å². The molecule has 31 heavy (non-hydrogen) atoms. The number of halogens is 3. The molecule has 3 amide bonds. The molecule has 11 heteroatoms. The first kappa shape index (κ1) is 20.8. The van der Waals surface area contributed by atoms with Crippen LogP contribution in [0.1, 0.15) is 5.56 Å². The van der Waals surface area contributed by atoms with Crippen LogP contribution >= 0.6 is 0 Å². The minimum absolute atomic E-state index is 0.0364. The summed E-state index contributed by atoms with van der Waals surface area (Å²) in [5.41, 5.74) is -3.97. The Bertz CT molecular complexity index is 1290. The molecule has 160 valence electrons. The summed E-state index contributed by atoms with van der Waals surface area (Å²) in [6, 6.07) is 10.8. The molecule has 1 aliphatic rings. The summed E-state index contributed by atoms with van der Waals surface area (Å²) in [7, 11) is -5.53. The SMILES string of the molecule is O=C1NC(Cc2ccnc3ccccc23)C(=O)N1c1ccc(S(=O)(=O)C(F)(F)F)cc1. The van der Waals surface area contributed by atoms with E-state index in [-0.39, 0.29) is 12.1 Å². The van der Waals surface area contributed by atoms with Crippen molar-refractivity contribution in [2.24, 2.45) is 0 Å². The second-order valence-electron chi connectivity index (χ2n) is 6.81. The Morgan fingerprint density at radius 3 is 2.35 bits per heavy atom. The number of pyridine rings is 1. The number of sulfone groups is 1. The van der Waals surface area contributed by atoms with E-state index in [0.717, 1.165) is 33.5 Å². The Hall–Kier alpha value is -3.47. The first-order valence-electron chi connectivity index (χ1n) is 8.98. The number of amides is 3. The summed E-state index contributed by atoms with van der Waals surface area (Å²) in [6.45, 7) is 0. The third kappa shape index (κ3) is 3.61. The fraction of sp³-hybridized carbons (Fsp3) is 0.150. The number of hydrogen-bond acceptors (Lipinski definition) is 5. The highest BCUT2D eigenvalue weighted by Gasteiger charge is 2.47. The highest BCUT2D eigenvalue weighted by Crippen LogP contribution is 2.32. The molecule has 7 nitrogen and oxygen atoms in total. The van der Waals surface area contributed by atoms with Crippen molar-refractivity contribution < 1.29 is 31.2 Å². The summed E-state index contributed by atoms with van der Waals surface area (Å²) < 4.78 is 61.1. The maximum absolute atomic E-state index is 12.8. The Labute approximate surface area is 174 Å². The van der Waals surface area contributed by atoms with E-state index in [1.54, 1.807) is 12.3 Å². The number of rotatable bonds is 4. The molecule has 1 atom stereocenters. The molecular weight excluding hydrogens is 435 g/mol. The third-order valence-electron chi connectivity index (χ3n) is 4.89. The molecule has 2 aromatic carbocycles. The van der Waals surface area contributed by atoms with Crippen molar-refractivity contribution in [2.45, 2.75) is 22.9 Å². The summed E-state index contributed by atoms with van der Waals surface area (Å²) in [5.74, 6) is -0.600. The number of benzene rings is 2. The van der Waals surface area contributed by atoms with Crippen molar-refractivity contribution in [3.05, 3.63) is 66.4 Å². The average Bonchev–Trinajstić information content (AvgIpc) is 3.00. The summed E-state index contributed by atoms with van der Waals surface area (Å²) >= 11 is 0. The standard InChI is InChI=1S/C20H14F3N3O4S/c21-20(22,23)31(29,30)14-7-5-13(6-8-14)26-18(27)17(25-19(26)28)11-12-9-10-24-16-4-2-1-3-15(12)16/h1-10,17H,11H2,(H,25,28). The van der Waals surface area contributed by atoms with Gasteiger partial charge in [-0.2, -0.15) is 13.2 Å². The molecule has 0 spiro atoms. The fourth-order valence-corrected chi connectivity index (χ4v) is 4.14. The molecule has 1 fully saturated rings. The van der Waals surface area contributed by atoms with Gasteiger partial charge >= 0.3 is 11.5 Å². The predicted octanol–water partition coefficient (Wildman–Crippen LogP) is 3.20. The third-order valence-corrected chi connectivity index (χ3v) is 6.39. The molecule has 0 aliphatic carbocycles. The topological polar surface area (TPSA) is 96.4 Å². The molecule has 0 bridgehead atoms. The number of carbonyl (C=O) groups excluding carboxylic acids is 2. The van der Waals surface area contributed by atoms with Gasteiger partial charge in [0, 0.05) is 18.0 Å². The fourth-order valence-electron chi connectivity index (χ4n) is 3.38. The van der Waals surface area contributed by atoms with Crippen LogP contribution in [0.15, 0.2) is 65.7 Å². The normalized spacial score (nSPS) is 17.3. The zero-order valence-electron chi connectivity index (χ0n) is 15.6. The van der Waals surface area contributed by atoms with E-state index in [2.05, 4.69) is 10.3 Å². The van der Waals surface area contributed by atoms with E-state index in [9.17, 15) is 31.2 Å². The Morgan fingerprint density at radius 2 is 1.68 bits per heavy atom. The van der Waals surface area contributed by atoms with Crippen molar-refractivity contribution in [1.82, 2.24) is 10.3 Å². The largest absolute Gasteiger partial charge is 0.501 e. The smallest absolute Gasteiger partial charge is 0.325 e. The van der Waals surface area contributed by atoms with Gasteiger partial charge in [0.1, 0.15) is 6.04 Å². The van der Waals surface area contributed by atoms with E-state index in [0.29, 0.717) is 12.1 Å². The molecular formula is C20H14F3N3O4S. The Kier molecular flexibility index (Phi) is 4.92. The van der Waals surface area contributed by atoms with Gasteiger partial charge in [-0.3, -0.25) is 9.78 Å². The van der Waals surface area contributed by atoms with Crippen molar-refractivity contribution in [2.75, 3.05) is 4.90 Å². The van der Waals surface area contributed by atoms with Gasteiger partial charge in [0.05, 0.1) is 16.1 Å². The number of nitrogens with one attached hydrogen (secondary N) is 1. The van der Waals surface area contributed by atoms with Gasteiger partial charge in [0.25, 0.3) is 15.7 Å². The minimum atomic E-state index is -5.53. The van der Waals surface area contributed by atoms with Gasteiger partial charge in [0.15, 0.2) is 0 Å². The van der Waals surface area contributed by atoms with Crippen LogP contribution in [0.4, 0.5) is 23.7 Å². The number of aromatic nitrogens is 1. The molecule has 0 saturated carbocycles. The van der Waals surface area contributed by atoms with Crippen LogP contribution in [0.5, 0.6) is 0 Å². The van der Waals surface area contributed by atoms with E-state index in [1.165, 1.54) is 0 Å². The molecule has 1 N–H and O–H groups in total. The number of hydrogen-bond donors (Lipinski definition) is 1. The van der Waals surface area contributed by atoms with Gasteiger partial charge in [-0.15, -0.1) is 0 Å². The number of urea groups is 1. The van der Waals surface area contributed by atoms with Gasteiger partial charge in [-0.1, -0.05) is 18.2 Å². The number of nitrogens with zero attached hydrogens (tertiary/aromatic N) is 2. The second-order valence-corrected chi connectivity index (χ2v) is 8.75. The van der Waals surface area contributed by atoms with Crippen LogP contribution in [0.2, 0.25) is 0 Å². The van der Waals surface area contributed by atoms with Crippen LogP contribution in [0.3, 0.4) is 0 Å². The Morgan fingerprint density at radius 1 is 1.00 bits per heavy atom. The zero-order chi connectivity index (χ0) is 22.4. The maximum Gasteiger partial charge on any atom is 0.501 e.